The van der Waals surface area contributed by atoms with E-state index in [1.165, 1.54) is 6.42 Å². The van der Waals surface area contributed by atoms with Gasteiger partial charge in [-0.05, 0) is 49.9 Å². The van der Waals surface area contributed by atoms with Crippen molar-refractivity contribution in [2.45, 2.75) is 26.2 Å². The first-order valence-electron chi connectivity index (χ1n) is 9.73. The van der Waals surface area contributed by atoms with Gasteiger partial charge in [-0.25, -0.2) is 4.98 Å². The van der Waals surface area contributed by atoms with Crippen molar-refractivity contribution >= 4 is 40.7 Å². The fourth-order valence-electron chi connectivity index (χ4n) is 3.89. The van der Waals surface area contributed by atoms with Gasteiger partial charge in [0.25, 0.3) is 5.91 Å². The number of aromatic nitrogens is 2. The van der Waals surface area contributed by atoms with E-state index in [4.69, 9.17) is 4.74 Å². The van der Waals surface area contributed by atoms with Crippen LogP contribution in [0.3, 0.4) is 0 Å². The number of nitrogens with zero attached hydrogens (tertiary/aromatic N) is 3. The lowest BCUT2D eigenvalue weighted by Crippen LogP contribution is -2.35. The SMILES string of the molecule is COc1ccc(C)cc1Nc1ncc(C(=O)N2CCCCC2)c2c1ccn2C.Cl. The number of anilines is 2. The average Bonchev–Trinajstić information content (AvgIpc) is 3.11. The number of nitrogens with one attached hydrogen (secondary N) is 1. The number of likely N-dealkylation sites (tertiary alicyclic amines) is 1. The van der Waals surface area contributed by atoms with Crippen LogP contribution in [-0.2, 0) is 7.05 Å². The number of carbonyl (C=O) groups excluding carboxylic acids is 1. The zero-order valence-corrected chi connectivity index (χ0v) is 17.9. The molecule has 1 amide bonds. The monoisotopic (exact) mass is 414 g/mol. The van der Waals surface area contributed by atoms with Crippen LogP contribution in [0.25, 0.3) is 10.9 Å². The molecule has 0 saturated carbocycles. The highest BCUT2D eigenvalue weighted by atomic mass is 35.5. The number of halogens is 1. The fourth-order valence-corrected chi connectivity index (χ4v) is 3.89. The highest BCUT2D eigenvalue weighted by Gasteiger charge is 2.23. The summed E-state index contributed by atoms with van der Waals surface area (Å²) in [5, 5.41) is 4.32. The van der Waals surface area contributed by atoms with Gasteiger partial charge in [-0.15, -0.1) is 12.4 Å². The third-order valence-electron chi connectivity index (χ3n) is 5.39. The Morgan fingerprint density at radius 3 is 2.66 bits per heavy atom. The molecular weight excluding hydrogens is 388 g/mol. The minimum Gasteiger partial charge on any atom is -0.495 e. The van der Waals surface area contributed by atoms with E-state index in [1.54, 1.807) is 13.3 Å². The number of methoxy groups -OCH3 is 1. The summed E-state index contributed by atoms with van der Waals surface area (Å²) in [6, 6.07) is 7.98. The van der Waals surface area contributed by atoms with Crippen LogP contribution < -0.4 is 10.1 Å². The predicted molar refractivity (Wildman–Crippen MR) is 119 cm³/mol. The van der Waals surface area contributed by atoms with E-state index < -0.39 is 0 Å². The minimum absolute atomic E-state index is 0. The van der Waals surface area contributed by atoms with Gasteiger partial charge >= 0.3 is 0 Å². The predicted octanol–water partition coefficient (Wildman–Crippen LogP) is 4.68. The summed E-state index contributed by atoms with van der Waals surface area (Å²) in [6.07, 6.45) is 7.01. The van der Waals surface area contributed by atoms with Crippen LogP contribution in [0.15, 0.2) is 36.7 Å². The van der Waals surface area contributed by atoms with Gasteiger partial charge in [0.2, 0.25) is 0 Å². The Morgan fingerprint density at radius 1 is 1.17 bits per heavy atom. The Kier molecular flexibility index (Phi) is 6.33. The van der Waals surface area contributed by atoms with Crippen LogP contribution in [0.5, 0.6) is 5.75 Å². The number of benzene rings is 1. The summed E-state index contributed by atoms with van der Waals surface area (Å²) in [6.45, 7) is 3.69. The van der Waals surface area contributed by atoms with Crippen molar-refractivity contribution in [2.24, 2.45) is 7.05 Å². The Balaban J connectivity index is 0.00000240. The lowest BCUT2D eigenvalue weighted by atomic mass is 10.1. The molecule has 3 aromatic rings. The van der Waals surface area contributed by atoms with Crippen molar-refractivity contribution < 1.29 is 9.53 Å². The maximum Gasteiger partial charge on any atom is 0.257 e. The van der Waals surface area contributed by atoms with E-state index in [0.29, 0.717) is 5.56 Å². The van der Waals surface area contributed by atoms with Gasteiger partial charge < -0.3 is 19.5 Å². The van der Waals surface area contributed by atoms with E-state index in [-0.39, 0.29) is 18.3 Å². The molecule has 154 valence electrons. The number of rotatable bonds is 4. The maximum absolute atomic E-state index is 13.1. The van der Waals surface area contributed by atoms with Crippen molar-refractivity contribution in [1.29, 1.82) is 0 Å². The number of hydrogen-bond acceptors (Lipinski definition) is 4. The number of aryl methyl sites for hydroxylation is 2. The highest BCUT2D eigenvalue weighted by molar-refractivity contribution is 6.08. The number of ether oxygens (including phenoxy) is 1. The van der Waals surface area contributed by atoms with Gasteiger partial charge in [-0.1, -0.05) is 6.07 Å². The zero-order valence-electron chi connectivity index (χ0n) is 17.1. The number of fused-ring (bicyclic) bond motifs is 1. The molecule has 0 radical (unpaired) electrons. The standard InChI is InChI=1S/C22H26N4O2.ClH/c1-15-7-8-19(28-3)18(13-15)24-21-16-9-12-25(2)20(16)17(14-23-21)22(27)26-10-5-4-6-11-26;/h7-9,12-14H,4-6,10-11H2,1-3H3,(H,23,24);1H. The number of piperidine rings is 1. The fraction of sp³-hybridized carbons (Fsp3) is 0.364. The molecule has 1 N–H and O–H groups in total. The molecule has 0 atom stereocenters. The first kappa shape index (κ1) is 21.0. The van der Waals surface area contributed by atoms with E-state index in [0.717, 1.165) is 59.7 Å². The lowest BCUT2D eigenvalue weighted by molar-refractivity contribution is 0.0725. The quantitative estimate of drug-likeness (QED) is 0.673. The molecular formula is C22H27ClN4O2. The molecule has 2 aromatic heterocycles. The molecule has 6 nitrogen and oxygen atoms in total. The summed E-state index contributed by atoms with van der Waals surface area (Å²) < 4.78 is 7.47. The molecule has 1 aromatic carbocycles. The molecule has 3 heterocycles. The van der Waals surface area contributed by atoms with Crippen molar-refractivity contribution in [1.82, 2.24) is 14.5 Å². The second kappa shape index (κ2) is 8.74. The Labute approximate surface area is 177 Å². The second-order valence-corrected chi connectivity index (χ2v) is 7.39. The summed E-state index contributed by atoms with van der Waals surface area (Å²) in [5.41, 5.74) is 3.55. The zero-order chi connectivity index (χ0) is 19.7. The topological polar surface area (TPSA) is 59.4 Å². The van der Waals surface area contributed by atoms with Crippen LogP contribution in [0.2, 0.25) is 0 Å². The first-order valence-corrected chi connectivity index (χ1v) is 9.73. The van der Waals surface area contributed by atoms with E-state index in [2.05, 4.69) is 10.3 Å². The van der Waals surface area contributed by atoms with Gasteiger partial charge in [0, 0.05) is 37.9 Å². The van der Waals surface area contributed by atoms with Crippen LogP contribution in [0, 0.1) is 6.92 Å². The van der Waals surface area contributed by atoms with Crippen molar-refractivity contribution in [2.75, 3.05) is 25.5 Å². The Morgan fingerprint density at radius 2 is 1.93 bits per heavy atom. The van der Waals surface area contributed by atoms with E-state index in [9.17, 15) is 4.79 Å². The molecule has 1 aliphatic rings. The number of hydrogen-bond donors (Lipinski definition) is 1. The average molecular weight is 415 g/mol. The van der Waals surface area contributed by atoms with Crippen molar-refractivity contribution in [3.63, 3.8) is 0 Å². The number of carbonyl (C=O) groups is 1. The molecule has 1 aliphatic heterocycles. The Bertz CT molecular complexity index is 1030. The van der Waals surface area contributed by atoms with Crippen LogP contribution in [0.1, 0.15) is 35.2 Å². The van der Waals surface area contributed by atoms with Gasteiger partial charge in [-0.2, -0.15) is 0 Å². The molecule has 7 heteroatoms. The van der Waals surface area contributed by atoms with E-state index >= 15 is 0 Å². The number of amides is 1. The largest absolute Gasteiger partial charge is 0.495 e. The molecule has 0 aliphatic carbocycles. The molecule has 0 bridgehead atoms. The van der Waals surface area contributed by atoms with Crippen LogP contribution >= 0.6 is 12.4 Å². The maximum atomic E-state index is 13.1. The summed E-state index contributed by atoms with van der Waals surface area (Å²) in [4.78, 5) is 19.7. The molecule has 1 saturated heterocycles. The minimum atomic E-state index is 0. The molecule has 29 heavy (non-hydrogen) atoms. The third-order valence-corrected chi connectivity index (χ3v) is 5.39. The third kappa shape index (κ3) is 4.03. The summed E-state index contributed by atoms with van der Waals surface area (Å²) >= 11 is 0. The first-order chi connectivity index (χ1) is 13.6. The van der Waals surface area contributed by atoms with Gasteiger partial charge in [-0.3, -0.25) is 4.79 Å². The lowest BCUT2D eigenvalue weighted by Gasteiger charge is -2.27. The van der Waals surface area contributed by atoms with Crippen LogP contribution in [-0.4, -0.2) is 40.6 Å². The van der Waals surface area contributed by atoms with Gasteiger partial charge in [0.05, 0.1) is 23.9 Å². The summed E-state index contributed by atoms with van der Waals surface area (Å²) in [7, 11) is 3.62. The van der Waals surface area contributed by atoms with Crippen LogP contribution in [0.4, 0.5) is 11.5 Å². The van der Waals surface area contributed by atoms with E-state index in [1.807, 2.05) is 53.9 Å². The molecule has 1 fully saturated rings. The van der Waals surface area contributed by atoms with Gasteiger partial charge in [0.15, 0.2) is 0 Å². The molecule has 0 spiro atoms. The van der Waals surface area contributed by atoms with Gasteiger partial charge in [0.1, 0.15) is 11.6 Å². The summed E-state index contributed by atoms with van der Waals surface area (Å²) in [5.74, 6) is 1.54. The number of pyridine rings is 1. The van der Waals surface area contributed by atoms with Crippen molar-refractivity contribution in [3.05, 3.63) is 47.8 Å². The Hall–Kier alpha value is -2.73. The smallest absolute Gasteiger partial charge is 0.257 e. The highest BCUT2D eigenvalue weighted by Crippen LogP contribution is 2.33. The normalized spacial score (nSPS) is 13.8. The van der Waals surface area contributed by atoms with Crippen molar-refractivity contribution in [3.8, 4) is 5.75 Å². The molecule has 4 rings (SSSR count). The molecule has 0 unspecified atom stereocenters. The second-order valence-electron chi connectivity index (χ2n) is 7.39.